The van der Waals surface area contributed by atoms with E-state index in [2.05, 4.69) is 5.32 Å². The summed E-state index contributed by atoms with van der Waals surface area (Å²) in [6, 6.07) is 6.32. The SMILES string of the molecule is N[C@@H](CO)C(=O)NCc1ccccc1Cl. The fraction of sp³-hybridized carbons (Fsp3) is 0.300. The van der Waals surface area contributed by atoms with Crippen LogP contribution in [0.15, 0.2) is 24.3 Å². The highest BCUT2D eigenvalue weighted by molar-refractivity contribution is 6.31. The van der Waals surface area contributed by atoms with Crippen molar-refractivity contribution in [3.05, 3.63) is 34.9 Å². The molecule has 0 spiro atoms. The van der Waals surface area contributed by atoms with Gasteiger partial charge in [0.25, 0.3) is 0 Å². The Morgan fingerprint density at radius 2 is 2.20 bits per heavy atom. The molecule has 1 amide bonds. The first kappa shape index (κ1) is 12.0. The number of hydrogen-bond donors (Lipinski definition) is 3. The molecule has 0 aliphatic rings. The van der Waals surface area contributed by atoms with Gasteiger partial charge in [0.15, 0.2) is 0 Å². The number of rotatable bonds is 4. The Kier molecular flexibility index (Phi) is 4.55. The lowest BCUT2D eigenvalue weighted by molar-refractivity contribution is -0.123. The van der Waals surface area contributed by atoms with E-state index < -0.39 is 11.9 Å². The second-order valence-corrected chi connectivity index (χ2v) is 3.51. The van der Waals surface area contributed by atoms with E-state index in [-0.39, 0.29) is 6.61 Å². The highest BCUT2D eigenvalue weighted by Crippen LogP contribution is 2.14. The Hall–Kier alpha value is -1.10. The highest BCUT2D eigenvalue weighted by atomic mass is 35.5. The Bertz CT molecular complexity index is 344. The molecule has 0 aromatic heterocycles. The fourth-order valence-electron chi connectivity index (χ4n) is 1.04. The molecule has 0 aliphatic carbocycles. The van der Waals surface area contributed by atoms with E-state index in [9.17, 15) is 4.79 Å². The van der Waals surface area contributed by atoms with Gasteiger partial charge in [-0.25, -0.2) is 0 Å². The Balaban J connectivity index is 2.51. The number of halogens is 1. The summed E-state index contributed by atoms with van der Waals surface area (Å²) in [4.78, 5) is 11.2. The van der Waals surface area contributed by atoms with Gasteiger partial charge in [-0.05, 0) is 11.6 Å². The van der Waals surface area contributed by atoms with Crippen LogP contribution in [-0.4, -0.2) is 23.7 Å². The van der Waals surface area contributed by atoms with Crippen molar-refractivity contribution in [2.24, 2.45) is 5.73 Å². The van der Waals surface area contributed by atoms with Gasteiger partial charge >= 0.3 is 0 Å². The van der Waals surface area contributed by atoms with E-state index >= 15 is 0 Å². The Morgan fingerprint density at radius 1 is 1.53 bits per heavy atom. The average molecular weight is 229 g/mol. The van der Waals surface area contributed by atoms with Gasteiger partial charge in [0.2, 0.25) is 5.91 Å². The summed E-state index contributed by atoms with van der Waals surface area (Å²) in [5.74, 6) is -0.391. The number of amides is 1. The van der Waals surface area contributed by atoms with Crippen LogP contribution in [0.3, 0.4) is 0 Å². The third kappa shape index (κ3) is 3.51. The molecule has 4 nitrogen and oxygen atoms in total. The van der Waals surface area contributed by atoms with Crippen molar-refractivity contribution >= 4 is 17.5 Å². The zero-order valence-corrected chi connectivity index (χ0v) is 8.87. The number of nitrogens with two attached hydrogens (primary N) is 1. The lowest BCUT2D eigenvalue weighted by atomic mass is 10.2. The number of hydrogen-bond acceptors (Lipinski definition) is 3. The standard InChI is InChI=1S/C10H13ClN2O2/c11-8-4-2-1-3-7(8)5-13-10(15)9(12)6-14/h1-4,9,14H,5-6,12H2,(H,13,15)/t9-/m0/s1. The predicted octanol–water partition coefficient (Wildman–Crippen LogP) is 0.276. The van der Waals surface area contributed by atoms with Crippen molar-refractivity contribution in [1.29, 1.82) is 0 Å². The summed E-state index contributed by atoms with van der Waals surface area (Å²) < 4.78 is 0. The minimum absolute atomic E-state index is 0.312. The molecular formula is C10H13ClN2O2. The number of benzene rings is 1. The molecule has 1 aromatic carbocycles. The smallest absolute Gasteiger partial charge is 0.239 e. The number of nitrogens with one attached hydrogen (secondary N) is 1. The quantitative estimate of drug-likeness (QED) is 0.693. The van der Waals surface area contributed by atoms with Crippen LogP contribution >= 0.6 is 11.6 Å². The predicted molar refractivity (Wildman–Crippen MR) is 58.4 cm³/mol. The van der Waals surface area contributed by atoms with Crippen LogP contribution in [0.1, 0.15) is 5.56 Å². The van der Waals surface area contributed by atoms with Crippen LogP contribution in [0.2, 0.25) is 5.02 Å². The third-order valence-electron chi connectivity index (χ3n) is 1.94. The van der Waals surface area contributed by atoms with Gasteiger partial charge < -0.3 is 16.2 Å². The molecule has 5 heteroatoms. The maximum Gasteiger partial charge on any atom is 0.239 e. The summed E-state index contributed by atoms with van der Waals surface area (Å²) in [6.07, 6.45) is 0. The molecule has 0 aliphatic heterocycles. The molecule has 0 radical (unpaired) electrons. The van der Waals surface area contributed by atoms with Gasteiger partial charge in [-0.2, -0.15) is 0 Å². The number of carbonyl (C=O) groups is 1. The zero-order valence-electron chi connectivity index (χ0n) is 8.11. The summed E-state index contributed by atoms with van der Waals surface area (Å²) in [5, 5.41) is 11.8. The summed E-state index contributed by atoms with van der Waals surface area (Å²) in [6.45, 7) is -0.0550. The molecule has 0 fully saturated rings. The van der Waals surface area contributed by atoms with Crippen molar-refractivity contribution in [2.45, 2.75) is 12.6 Å². The Morgan fingerprint density at radius 3 is 2.80 bits per heavy atom. The maximum atomic E-state index is 11.2. The lowest BCUT2D eigenvalue weighted by Gasteiger charge is -2.10. The molecule has 0 saturated carbocycles. The molecule has 82 valence electrons. The van der Waals surface area contributed by atoms with Crippen molar-refractivity contribution in [3.8, 4) is 0 Å². The van der Waals surface area contributed by atoms with Gasteiger partial charge in [0.1, 0.15) is 6.04 Å². The summed E-state index contributed by atoms with van der Waals surface area (Å²) >= 11 is 5.89. The normalized spacial score (nSPS) is 12.2. The highest BCUT2D eigenvalue weighted by Gasteiger charge is 2.11. The summed E-state index contributed by atoms with van der Waals surface area (Å²) in [5.41, 5.74) is 6.14. The molecule has 4 N–H and O–H groups in total. The molecule has 0 saturated heterocycles. The van der Waals surface area contributed by atoms with Crippen LogP contribution in [0.5, 0.6) is 0 Å². The molecule has 1 aromatic rings. The molecule has 0 unspecified atom stereocenters. The molecule has 1 atom stereocenters. The van der Waals surface area contributed by atoms with Crippen LogP contribution in [0.4, 0.5) is 0 Å². The number of aliphatic hydroxyl groups excluding tert-OH is 1. The first-order valence-electron chi connectivity index (χ1n) is 4.52. The second-order valence-electron chi connectivity index (χ2n) is 3.10. The zero-order chi connectivity index (χ0) is 11.3. The average Bonchev–Trinajstić information content (AvgIpc) is 2.26. The van der Waals surface area contributed by atoms with Crippen molar-refractivity contribution in [3.63, 3.8) is 0 Å². The third-order valence-corrected chi connectivity index (χ3v) is 2.31. The molecular weight excluding hydrogens is 216 g/mol. The van der Waals surface area contributed by atoms with E-state index in [0.29, 0.717) is 11.6 Å². The van der Waals surface area contributed by atoms with Crippen LogP contribution < -0.4 is 11.1 Å². The molecule has 15 heavy (non-hydrogen) atoms. The monoisotopic (exact) mass is 228 g/mol. The van der Waals surface area contributed by atoms with E-state index in [0.717, 1.165) is 5.56 Å². The number of carbonyl (C=O) groups excluding carboxylic acids is 1. The van der Waals surface area contributed by atoms with Crippen LogP contribution in [-0.2, 0) is 11.3 Å². The first-order chi connectivity index (χ1) is 7.15. The summed E-state index contributed by atoms with van der Waals surface area (Å²) in [7, 11) is 0. The second kappa shape index (κ2) is 5.70. The van der Waals surface area contributed by atoms with Crippen molar-refractivity contribution in [1.82, 2.24) is 5.32 Å². The van der Waals surface area contributed by atoms with Crippen LogP contribution in [0, 0.1) is 0 Å². The molecule has 0 heterocycles. The van der Waals surface area contributed by atoms with Gasteiger partial charge in [-0.1, -0.05) is 29.8 Å². The lowest BCUT2D eigenvalue weighted by Crippen LogP contribution is -2.42. The minimum atomic E-state index is -0.882. The largest absolute Gasteiger partial charge is 0.394 e. The minimum Gasteiger partial charge on any atom is -0.394 e. The van der Waals surface area contributed by atoms with Gasteiger partial charge in [-0.3, -0.25) is 4.79 Å². The maximum absolute atomic E-state index is 11.2. The number of aliphatic hydroxyl groups is 1. The van der Waals surface area contributed by atoms with E-state index in [1.165, 1.54) is 0 Å². The fourth-order valence-corrected chi connectivity index (χ4v) is 1.24. The molecule has 1 rings (SSSR count). The van der Waals surface area contributed by atoms with Crippen molar-refractivity contribution in [2.75, 3.05) is 6.61 Å². The Labute approximate surface area is 93.0 Å². The van der Waals surface area contributed by atoms with Crippen LogP contribution in [0.25, 0.3) is 0 Å². The topological polar surface area (TPSA) is 75.3 Å². The van der Waals surface area contributed by atoms with Gasteiger partial charge in [-0.15, -0.1) is 0 Å². The van der Waals surface area contributed by atoms with Gasteiger partial charge in [0.05, 0.1) is 6.61 Å². The van der Waals surface area contributed by atoms with E-state index in [1.54, 1.807) is 6.07 Å². The van der Waals surface area contributed by atoms with E-state index in [1.807, 2.05) is 18.2 Å². The molecule has 0 bridgehead atoms. The van der Waals surface area contributed by atoms with Gasteiger partial charge in [0, 0.05) is 11.6 Å². The van der Waals surface area contributed by atoms with E-state index in [4.69, 9.17) is 22.4 Å². The first-order valence-corrected chi connectivity index (χ1v) is 4.90. The van der Waals surface area contributed by atoms with Crippen molar-refractivity contribution < 1.29 is 9.90 Å².